The van der Waals surface area contributed by atoms with Crippen molar-refractivity contribution in [2.24, 2.45) is 0 Å². The fourth-order valence-corrected chi connectivity index (χ4v) is 1.52. The van der Waals surface area contributed by atoms with Gasteiger partial charge in [0.15, 0.2) is 0 Å². The zero-order valence-electron chi connectivity index (χ0n) is 9.22. The topological polar surface area (TPSA) is 50.7 Å². The molecule has 82 valence electrons. The molecule has 0 saturated heterocycles. The van der Waals surface area contributed by atoms with E-state index in [0.717, 1.165) is 17.9 Å². The fourth-order valence-electron chi connectivity index (χ4n) is 1.52. The quantitative estimate of drug-likeness (QED) is 0.846. The van der Waals surface area contributed by atoms with E-state index in [0.29, 0.717) is 6.54 Å². The molecule has 4 nitrogen and oxygen atoms in total. The smallest absolute Gasteiger partial charge is 0.144 e. The van der Waals surface area contributed by atoms with Crippen molar-refractivity contribution in [3.8, 4) is 0 Å². The Kier molecular flexibility index (Phi) is 3.43. The minimum absolute atomic E-state index is 0.683. The highest BCUT2D eigenvalue weighted by Crippen LogP contribution is 2.08. The summed E-state index contributed by atoms with van der Waals surface area (Å²) in [5.41, 5.74) is 2.33. The van der Waals surface area contributed by atoms with E-state index in [9.17, 15) is 0 Å². The second kappa shape index (κ2) is 5.21. The van der Waals surface area contributed by atoms with E-state index in [4.69, 9.17) is 0 Å². The van der Waals surface area contributed by atoms with E-state index in [1.807, 2.05) is 12.3 Å². The number of anilines is 1. The second-order valence-electron chi connectivity index (χ2n) is 3.41. The van der Waals surface area contributed by atoms with Gasteiger partial charge in [-0.25, -0.2) is 4.98 Å². The molecule has 16 heavy (non-hydrogen) atoms. The van der Waals surface area contributed by atoms with Crippen molar-refractivity contribution in [2.75, 3.05) is 5.32 Å². The molecule has 2 aromatic heterocycles. The Labute approximate surface area is 94.8 Å². The summed E-state index contributed by atoms with van der Waals surface area (Å²) < 4.78 is 0. The Morgan fingerprint density at radius 3 is 2.88 bits per heavy atom. The fraction of sp³-hybridized carbons (Fsp3) is 0.250. The van der Waals surface area contributed by atoms with Crippen LogP contribution in [0.1, 0.15) is 18.2 Å². The van der Waals surface area contributed by atoms with Crippen LogP contribution >= 0.6 is 0 Å². The molecule has 4 heteroatoms. The van der Waals surface area contributed by atoms with Gasteiger partial charge in [0.05, 0.1) is 18.4 Å². The predicted molar refractivity (Wildman–Crippen MR) is 63.0 cm³/mol. The van der Waals surface area contributed by atoms with Crippen LogP contribution in [0.25, 0.3) is 0 Å². The van der Waals surface area contributed by atoms with Crippen LogP contribution in [0.15, 0.2) is 36.9 Å². The predicted octanol–water partition coefficient (Wildman–Crippen LogP) is 2.05. The molecule has 2 rings (SSSR count). The largest absolute Gasteiger partial charge is 0.363 e. The van der Waals surface area contributed by atoms with Gasteiger partial charge in [-0.2, -0.15) is 0 Å². The Morgan fingerprint density at radius 2 is 2.12 bits per heavy atom. The lowest BCUT2D eigenvalue weighted by Gasteiger charge is -2.07. The van der Waals surface area contributed by atoms with Crippen LogP contribution in [0.2, 0.25) is 0 Å². The summed E-state index contributed by atoms with van der Waals surface area (Å²) in [5.74, 6) is 0.773. The lowest BCUT2D eigenvalue weighted by molar-refractivity contribution is 0.961. The van der Waals surface area contributed by atoms with Crippen LogP contribution < -0.4 is 5.32 Å². The van der Waals surface area contributed by atoms with Crippen molar-refractivity contribution in [3.63, 3.8) is 0 Å². The Balaban J connectivity index is 2.05. The first-order valence-corrected chi connectivity index (χ1v) is 5.33. The summed E-state index contributed by atoms with van der Waals surface area (Å²) in [6.07, 6.45) is 7.83. The van der Waals surface area contributed by atoms with Gasteiger partial charge >= 0.3 is 0 Å². The number of nitrogens with zero attached hydrogens (tertiary/aromatic N) is 3. The van der Waals surface area contributed by atoms with Crippen molar-refractivity contribution in [1.29, 1.82) is 0 Å². The molecule has 0 bridgehead atoms. The zero-order chi connectivity index (χ0) is 11.2. The van der Waals surface area contributed by atoms with E-state index in [-0.39, 0.29) is 0 Å². The van der Waals surface area contributed by atoms with Gasteiger partial charge in [-0.15, -0.1) is 0 Å². The standard InChI is InChI=1S/C12H14N4/c1-2-10-4-3-5-14-11(10)8-16-12-9-13-6-7-15-12/h3-7,9H,2,8H2,1H3,(H,15,16). The van der Waals surface area contributed by atoms with Crippen LogP contribution in [0, 0.1) is 0 Å². The number of nitrogens with one attached hydrogen (secondary N) is 1. The van der Waals surface area contributed by atoms with Gasteiger partial charge < -0.3 is 5.32 Å². The van der Waals surface area contributed by atoms with Gasteiger partial charge in [0.1, 0.15) is 5.82 Å². The Morgan fingerprint density at radius 1 is 1.19 bits per heavy atom. The maximum atomic E-state index is 4.35. The first kappa shape index (κ1) is 10.5. The summed E-state index contributed by atoms with van der Waals surface area (Å²) in [4.78, 5) is 12.5. The third kappa shape index (κ3) is 2.53. The van der Waals surface area contributed by atoms with E-state index >= 15 is 0 Å². The summed E-state index contributed by atoms with van der Waals surface area (Å²) in [6.45, 7) is 2.81. The monoisotopic (exact) mass is 214 g/mol. The summed E-state index contributed by atoms with van der Waals surface area (Å²) in [6, 6.07) is 4.06. The maximum Gasteiger partial charge on any atom is 0.144 e. The van der Waals surface area contributed by atoms with Gasteiger partial charge in [-0.1, -0.05) is 13.0 Å². The average molecular weight is 214 g/mol. The number of hydrogen-bond donors (Lipinski definition) is 1. The SMILES string of the molecule is CCc1cccnc1CNc1cnccn1. The van der Waals surface area contributed by atoms with Gasteiger partial charge in [0, 0.05) is 18.6 Å². The molecule has 0 saturated carbocycles. The maximum absolute atomic E-state index is 4.35. The second-order valence-corrected chi connectivity index (χ2v) is 3.41. The van der Waals surface area contributed by atoms with Crippen molar-refractivity contribution >= 4 is 5.82 Å². The van der Waals surface area contributed by atoms with Gasteiger partial charge in [-0.05, 0) is 18.1 Å². The van der Waals surface area contributed by atoms with Crippen molar-refractivity contribution in [1.82, 2.24) is 15.0 Å². The number of aryl methyl sites for hydroxylation is 1. The molecule has 0 radical (unpaired) electrons. The first-order chi connectivity index (χ1) is 7.90. The summed E-state index contributed by atoms with van der Waals surface area (Å²) in [5, 5.41) is 3.20. The van der Waals surface area contributed by atoms with E-state index in [2.05, 4.69) is 33.3 Å². The first-order valence-electron chi connectivity index (χ1n) is 5.33. The van der Waals surface area contributed by atoms with Gasteiger partial charge in [0.2, 0.25) is 0 Å². The molecular formula is C12H14N4. The van der Waals surface area contributed by atoms with Crippen molar-refractivity contribution < 1.29 is 0 Å². The van der Waals surface area contributed by atoms with E-state index in [1.165, 1.54) is 5.56 Å². The van der Waals surface area contributed by atoms with Crippen LogP contribution in [0.4, 0.5) is 5.82 Å². The highest BCUT2D eigenvalue weighted by molar-refractivity contribution is 5.32. The highest BCUT2D eigenvalue weighted by Gasteiger charge is 2.01. The summed E-state index contributed by atoms with van der Waals surface area (Å²) >= 11 is 0. The molecule has 0 atom stereocenters. The summed E-state index contributed by atoms with van der Waals surface area (Å²) in [7, 11) is 0. The van der Waals surface area contributed by atoms with Crippen LogP contribution in [-0.4, -0.2) is 15.0 Å². The number of pyridine rings is 1. The lowest BCUT2D eigenvalue weighted by atomic mass is 10.1. The van der Waals surface area contributed by atoms with Crippen LogP contribution in [0.5, 0.6) is 0 Å². The molecule has 2 aromatic rings. The molecule has 0 aliphatic carbocycles. The molecule has 0 fully saturated rings. The molecule has 0 aromatic carbocycles. The van der Waals surface area contributed by atoms with Gasteiger partial charge in [-0.3, -0.25) is 9.97 Å². The molecular weight excluding hydrogens is 200 g/mol. The normalized spacial score (nSPS) is 10.1. The minimum atomic E-state index is 0.683. The molecule has 0 aliphatic heterocycles. The number of hydrogen-bond acceptors (Lipinski definition) is 4. The average Bonchev–Trinajstić information content (AvgIpc) is 2.38. The molecule has 0 aliphatic rings. The molecule has 0 unspecified atom stereocenters. The number of aromatic nitrogens is 3. The van der Waals surface area contributed by atoms with Crippen LogP contribution in [0.3, 0.4) is 0 Å². The third-order valence-electron chi connectivity index (χ3n) is 2.37. The molecule has 1 N–H and O–H groups in total. The van der Waals surface area contributed by atoms with Gasteiger partial charge in [0.25, 0.3) is 0 Å². The third-order valence-corrected chi connectivity index (χ3v) is 2.37. The Bertz CT molecular complexity index is 442. The van der Waals surface area contributed by atoms with Crippen molar-refractivity contribution in [2.45, 2.75) is 19.9 Å². The Hall–Kier alpha value is -1.97. The van der Waals surface area contributed by atoms with Crippen molar-refractivity contribution in [3.05, 3.63) is 48.2 Å². The van der Waals surface area contributed by atoms with E-state index < -0.39 is 0 Å². The van der Waals surface area contributed by atoms with E-state index in [1.54, 1.807) is 18.6 Å². The molecule has 0 spiro atoms. The molecule has 2 heterocycles. The highest BCUT2D eigenvalue weighted by atomic mass is 15.0. The van der Waals surface area contributed by atoms with Crippen LogP contribution in [-0.2, 0) is 13.0 Å². The lowest BCUT2D eigenvalue weighted by Crippen LogP contribution is -2.06. The number of rotatable bonds is 4. The molecule has 0 amide bonds. The zero-order valence-corrected chi connectivity index (χ0v) is 9.22. The minimum Gasteiger partial charge on any atom is -0.363 e.